The van der Waals surface area contributed by atoms with E-state index in [1.165, 1.54) is 11.3 Å². The summed E-state index contributed by atoms with van der Waals surface area (Å²) in [4.78, 5) is 15.4. The Kier molecular flexibility index (Phi) is 3.69. The zero-order valence-electron chi connectivity index (χ0n) is 9.84. The Morgan fingerprint density at radius 2 is 2.22 bits per heavy atom. The molecule has 1 fully saturated rings. The molecule has 2 N–H and O–H groups in total. The highest BCUT2D eigenvalue weighted by molar-refractivity contribution is 7.90. The number of thiazole rings is 1. The highest BCUT2D eigenvalue weighted by Gasteiger charge is 2.35. The number of nitrogens with one attached hydrogen (secondary N) is 1. The molecule has 0 aromatic carbocycles. The zero-order valence-corrected chi connectivity index (χ0v) is 11.5. The Bertz CT molecular complexity index is 560. The zero-order chi connectivity index (χ0) is 13.3. The van der Waals surface area contributed by atoms with Crippen LogP contribution in [-0.2, 0) is 16.4 Å². The first-order chi connectivity index (χ1) is 8.40. The van der Waals surface area contributed by atoms with E-state index in [0.29, 0.717) is 16.3 Å². The van der Waals surface area contributed by atoms with Gasteiger partial charge >= 0.3 is 5.97 Å². The van der Waals surface area contributed by atoms with Gasteiger partial charge in [-0.15, -0.1) is 11.3 Å². The number of carboxylic acids is 1. The summed E-state index contributed by atoms with van der Waals surface area (Å²) in [5.41, 5.74) is 0.0556. The van der Waals surface area contributed by atoms with Gasteiger partial charge in [0.25, 0.3) is 0 Å². The molecule has 100 valence electrons. The van der Waals surface area contributed by atoms with Crippen molar-refractivity contribution in [2.45, 2.75) is 31.4 Å². The third-order valence-electron chi connectivity index (χ3n) is 2.65. The van der Waals surface area contributed by atoms with Crippen molar-refractivity contribution >= 4 is 27.3 Å². The average Bonchev–Trinajstić information content (AvgIpc) is 3.04. The van der Waals surface area contributed by atoms with Gasteiger partial charge < -0.3 is 5.11 Å². The third kappa shape index (κ3) is 3.06. The molecule has 0 saturated heterocycles. The molecule has 0 aliphatic heterocycles. The fourth-order valence-corrected chi connectivity index (χ4v) is 3.86. The smallest absolute Gasteiger partial charge is 0.355 e. The molecular formula is C10H14N2O4S2. The number of hydrogen-bond acceptors (Lipinski definition) is 5. The van der Waals surface area contributed by atoms with E-state index in [0.717, 1.165) is 12.8 Å². The molecule has 1 aromatic heterocycles. The van der Waals surface area contributed by atoms with E-state index in [-0.39, 0.29) is 17.5 Å². The number of hydrogen-bond donors (Lipinski definition) is 2. The van der Waals surface area contributed by atoms with Crippen LogP contribution in [0.1, 0.15) is 33.2 Å². The summed E-state index contributed by atoms with van der Waals surface area (Å²) in [6.45, 7) is 1.96. The maximum absolute atomic E-state index is 11.5. The van der Waals surface area contributed by atoms with E-state index in [1.807, 2.05) is 0 Å². The number of carbonyl (C=O) groups is 1. The lowest BCUT2D eigenvalue weighted by Crippen LogP contribution is -2.29. The number of carboxylic acid groups (broad SMARTS) is 1. The largest absolute Gasteiger partial charge is 0.476 e. The highest BCUT2D eigenvalue weighted by Crippen LogP contribution is 2.27. The molecule has 0 bridgehead atoms. The molecule has 0 atom stereocenters. The Hall–Kier alpha value is -0.990. The van der Waals surface area contributed by atoms with Gasteiger partial charge in [0.2, 0.25) is 10.0 Å². The molecule has 1 aliphatic carbocycles. The molecule has 6 nitrogen and oxygen atoms in total. The topological polar surface area (TPSA) is 96.4 Å². The maximum Gasteiger partial charge on any atom is 0.355 e. The first-order valence-corrected chi connectivity index (χ1v) is 7.94. The van der Waals surface area contributed by atoms with Crippen molar-refractivity contribution in [3.63, 3.8) is 0 Å². The van der Waals surface area contributed by atoms with E-state index in [2.05, 4.69) is 9.71 Å². The second kappa shape index (κ2) is 4.94. The monoisotopic (exact) mass is 290 g/mol. The van der Waals surface area contributed by atoms with Crippen molar-refractivity contribution in [1.82, 2.24) is 9.71 Å². The van der Waals surface area contributed by atoms with Crippen LogP contribution in [0.5, 0.6) is 0 Å². The molecule has 0 spiro atoms. The summed E-state index contributed by atoms with van der Waals surface area (Å²) in [5.74, 6) is -1.05. The van der Waals surface area contributed by atoms with Gasteiger partial charge in [-0.2, -0.15) is 0 Å². The predicted molar refractivity (Wildman–Crippen MR) is 67.5 cm³/mol. The summed E-state index contributed by atoms with van der Waals surface area (Å²) in [5, 5.41) is 9.26. The Morgan fingerprint density at radius 1 is 1.56 bits per heavy atom. The molecule has 1 aromatic rings. The number of sulfonamides is 1. The fourth-order valence-electron chi connectivity index (χ4n) is 1.55. The molecule has 2 rings (SSSR count). The standard InChI is InChI=1S/C10H14N2O4S2/c1-6-9(10(13)14)12-8(17-6)4-5-11-18(15,16)7-2-3-7/h7,11H,2-5H2,1H3,(H,13,14). The fraction of sp³-hybridized carbons (Fsp3) is 0.600. The molecule has 0 unspecified atom stereocenters. The van der Waals surface area contributed by atoms with Crippen LogP contribution in [-0.4, -0.2) is 36.3 Å². The van der Waals surface area contributed by atoms with E-state index in [9.17, 15) is 13.2 Å². The first-order valence-electron chi connectivity index (χ1n) is 5.58. The van der Waals surface area contributed by atoms with Gasteiger partial charge in [-0.25, -0.2) is 22.9 Å². The first kappa shape index (κ1) is 13.4. The minimum Gasteiger partial charge on any atom is -0.476 e. The summed E-state index contributed by atoms with van der Waals surface area (Å²) in [7, 11) is -3.17. The van der Waals surface area contributed by atoms with Crippen LogP contribution in [0.15, 0.2) is 0 Å². The highest BCUT2D eigenvalue weighted by atomic mass is 32.2. The van der Waals surface area contributed by atoms with Gasteiger partial charge in [0.1, 0.15) is 0 Å². The van der Waals surface area contributed by atoms with Crippen molar-refractivity contribution in [2.75, 3.05) is 6.54 Å². The Morgan fingerprint density at radius 3 is 2.72 bits per heavy atom. The summed E-state index contributed by atoms with van der Waals surface area (Å²) < 4.78 is 25.6. The molecule has 1 aliphatic rings. The van der Waals surface area contributed by atoms with Crippen LogP contribution in [0.3, 0.4) is 0 Å². The molecule has 18 heavy (non-hydrogen) atoms. The van der Waals surface area contributed by atoms with Gasteiger partial charge in [-0.3, -0.25) is 0 Å². The van der Waals surface area contributed by atoms with Crippen LogP contribution in [0.2, 0.25) is 0 Å². The number of aromatic nitrogens is 1. The lowest BCUT2D eigenvalue weighted by Gasteiger charge is -2.03. The molecule has 0 radical (unpaired) electrons. The van der Waals surface area contributed by atoms with Crippen molar-refractivity contribution < 1.29 is 18.3 Å². The SMILES string of the molecule is Cc1sc(CCNS(=O)(=O)C2CC2)nc1C(=O)O. The van der Waals surface area contributed by atoms with E-state index < -0.39 is 16.0 Å². The van der Waals surface area contributed by atoms with Crippen LogP contribution >= 0.6 is 11.3 Å². The van der Waals surface area contributed by atoms with Crippen molar-refractivity contribution in [3.8, 4) is 0 Å². The minimum absolute atomic E-state index is 0.0556. The van der Waals surface area contributed by atoms with E-state index in [1.54, 1.807) is 6.92 Å². The van der Waals surface area contributed by atoms with Crippen LogP contribution < -0.4 is 4.72 Å². The van der Waals surface area contributed by atoms with Gasteiger partial charge in [-0.1, -0.05) is 0 Å². The minimum atomic E-state index is -3.17. The maximum atomic E-state index is 11.5. The summed E-state index contributed by atoms with van der Waals surface area (Å²) in [6.07, 6.45) is 1.88. The lowest BCUT2D eigenvalue weighted by atomic mass is 10.4. The quantitative estimate of drug-likeness (QED) is 0.807. The van der Waals surface area contributed by atoms with Crippen molar-refractivity contribution in [3.05, 3.63) is 15.6 Å². The number of nitrogens with zero attached hydrogens (tertiary/aromatic N) is 1. The van der Waals surface area contributed by atoms with E-state index >= 15 is 0 Å². The molecule has 1 heterocycles. The lowest BCUT2D eigenvalue weighted by molar-refractivity contribution is 0.0690. The Balaban J connectivity index is 1.90. The van der Waals surface area contributed by atoms with Crippen molar-refractivity contribution in [2.24, 2.45) is 0 Å². The summed E-state index contributed by atoms with van der Waals surface area (Å²) >= 11 is 1.29. The van der Waals surface area contributed by atoms with E-state index in [4.69, 9.17) is 5.11 Å². The second-order valence-corrected chi connectivity index (χ2v) is 7.54. The Labute approximate surface area is 109 Å². The van der Waals surface area contributed by atoms with Gasteiger partial charge in [0, 0.05) is 17.8 Å². The molecule has 1 saturated carbocycles. The van der Waals surface area contributed by atoms with Crippen molar-refractivity contribution in [1.29, 1.82) is 0 Å². The third-order valence-corrected chi connectivity index (χ3v) is 5.63. The van der Waals surface area contributed by atoms with Gasteiger partial charge in [-0.05, 0) is 19.8 Å². The normalized spacial score (nSPS) is 15.8. The predicted octanol–water partition coefficient (Wildman–Crippen LogP) is 0.774. The molecule has 8 heteroatoms. The van der Waals surface area contributed by atoms with Crippen LogP contribution in [0, 0.1) is 6.92 Å². The number of aromatic carboxylic acids is 1. The average molecular weight is 290 g/mol. The molecule has 0 amide bonds. The molecular weight excluding hydrogens is 276 g/mol. The second-order valence-electron chi connectivity index (χ2n) is 4.21. The van der Waals surface area contributed by atoms with Crippen LogP contribution in [0.25, 0.3) is 0 Å². The number of rotatable bonds is 6. The van der Waals surface area contributed by atoms with Gasteiger partial charge in [0.05, 0.1) is 10.3 Å². The van der Waals surface area contributed by atoms with Gasteiger partial charge in [0.15, 0.2) is 5.69 Å². The number of aryl methyl sites for hydroxylation is 1. The summed E-state index contributed by atoms with van der Waals surface area (Å²) in [6, 6.07) is 0. The van der Waals surface area contributed by atoms with Crippen LogP contribution in [0.4, 0.5) is 0 Å².